The third-order valence-electron chi connectivity index (χ3n) is 6.41. The highest BCUT2D eigenvalue weighted by molar-refractivity contribution is 7.71. The van der Waals surface area contributed by atoms with E-state index in [2.05, 4.69) is 5.32 Å². The summed E-state index contributed by atoms with van der Waals surface area (Å²) in [6.45, 7) is 0.801. The van der Waals surface area contributed by atoms with Gasteiger partial charge in [0.2, 0.25) is 10.7 Å². The van der Waals surface area contributed by atoms with Gasteiger partial charge >= 0.3 is 0 Å². The summed E-state index contributed by atoms with van der Waals surface area (Å²) in [6, 6.07) is 4.97. The molecule has 1 aromatic carbocycles. The van der Waals surface area contributed by atoms with Crippen molar-refractivity contribution in [1.29, 1.82) is 0 Å². The van der Waals surface area contributed by atoms with Crippen LogP contribution in [0.2, 0.25) is 0 Å². The number of aliphatic hydroxyl groups excluding tert-OH is 3. The summed E-state index contributed by atoms with van der Waals surface area (Å²) in [7, 11) is 3.18. The fourth-order valence-electron chi connectivity index (χ4n) is 4.46. The molecule has 4 rings (SSSR count). The molecule has 1 aliphatic carbocycles. The number of carbonyl (C=O) groups is 1. The van der Waals surface area contributed by atoms with Crippen molar-refractivity contribution >= 4 is 18.1 Å². The first kappa shape index (κ1) is 25.6. The standard InChI is InChI=1S/C23H32N4O7S/c1-12(29)24-19-21(31)20(30)17(11-28)34-22(19)27-23(35)26(14-6-7-14)18(25-27)9-5-13-4-8-15(32-2)16(10-13)33-3/h4,8,10,14,17,19-22,28,30-31H,5-7,9,11H2,1-3H3,(H,24,29)/t17-,19-,20-,21-,22-/m1/s1. The Morgan fingerprint density at radius 1 is 1.20 bits per heavy atom. The molecule has 4 N–H and O–H groups in total. The van der Waals surface area contributed by atoms with Crippen LogP contribution in [0, 0.1) is 4.77 Å². The first-order chi connectivity index (χ1) is 16.8. The lowest BCUT2D eigenvalue weighted by Crippen LogP contribution is -2.62. The van der Waals surface area contributed by atoms with Crippen LogP contribution < -0.4 is 14.8 Å². The number of nitrogens with one attached hydrogen (secondary N) is 1. The molecule has 2 aromatic rings. The van der Waals surface area contributed by atoms with Crippen molar-refractivity contribution in [3.8, 4) is 11.5 Å². The Bertz CT molecular complexity index is 1120. The van der Waals surface area contributed by atoms with E-state index in [0.29, 0.717) is 29.1 Å². The lowest BCUT2D eigenvalue weighted by molar-refractivity contribution is -0.219. The Balaban J connectivity index is 1.65. The van der Waals surface area contributed by atoms with Crippen LogP contribution in [0.3, 0.4) is 0 Å². The predicted octanol–water partition coefficient (Wildman–Crippen LogP) is 0.668. The zero-order chi connectivity index (χ0) is 25.3. The summed E-state index contributed by atoms with van der Waals surface area (Å²) in [5, 5.41) is 38.1. The SMILES string of the molecule is COc1ccc(CCc2nn([C@@H]3O[C@H](CO)[C@@H](O)[C@H](O)[C@H]3NC(C)=O)c(=S)n2C2CC2)cc1OC. The lowest BCUT2D eigenvalue weighted by Gasteiger charge is -2.42. The average molecular weight is 509 g/mol. The molecule has 5 atom stereocenters. The summed E-state index contributed by atoms with van der Waals surface area (Å²) in [5.41, 5.74) is 1.04. The highest BCUT2D eigenvalue weighted by atomic mass is 32.1. The van der Waals surface area contributed by atoms with E-state index in [-0.39, 0.29) is 6.04 Å². The molecule has 0 spiro atoms. The first-order valence-corrected chi connectivity index (χ1v) is 12.0. The van der Waals surface area contributed by atoms with Gasteiger partial charge in [-0.15, -0.1) is 0 Å². The fourth-order valence-corrected chi connectivity index (χ4v) is 4.86. The van der Waals surface area contributed by atoms with Crippen molar-refractivity contribution in [3.05, 3.63) is 34.4 Å². The molecule has 0 unspecified atom stereocenters. The van der Waals surface area contributed by atoms with E-state index in [1.54, 1.807) is 14.2 Å². The van der Waals surface area contributed by atoms with Gasteiger partial charge in [-0.05, 0) is 49.2 Å². The largest absolute Gasteiger partial charge is 0.493 e. The van der Waals surface area contributed by atoms with Crippen molar-refractivity contribution in [3.63, 3.8) is 0 Å². The molecule has 1 amide bonds. The van der Waals surface area contributed by atoms with Gasteiger partial charge < -0.3 is 39.4 Å². The van der Waals surface area contributed by atoms with E-state index in [9.17, 15) is 20.1 Å². The second-order valence-corrected chi connectivity index (χ2v) is 9.25. The van der Waals surface area contributed by atoms with Crippen LogP contribution in [-0.4, -0.2) is 80.8 Å². The number of amides is 1. The molecule has 192 valence electrons. The normalized spacial score (nSPS) is 26.4. The molecule has 1 saturated carbocycles. The van der Waals surface area contributed by atoms with Gasteiger partial charge in [0.1, 0.15) is 30.2 Å². The molecule has 1 aliphatic heterocycles. The van der Waals surface area contributed by atoms with Crippen LogP contribution in [-0.2, 0) is 22.4 Å². The number of methoxy groups -OCH3 is 2. The monoisotopic (exact) mass is 508 g/mol. The Morgan fingerprint density at radius 3 is 2.51 bits per heavy atom. The van der Waals surface area contributed by atoms with Gasteiger partial charge in [-0.2, -0.15) is 5.10 Å². The van der Waals surface area contributed by atoms with Gasteiger partial charge in [0, 0.05) is 19.4 Å². The quantitative estimate of drug-likeness (QED) is 0.360. The maximum absolute atomic E-state index is 11.8. The molecule has 1 aromatic heterocycles. The van der Waals surface area contributed by atoms with Gasteiger partial charge in [0.15, 0.2) is 17.7 Å². The first-order valence-electron chi connectivity index (χ1n) is 11.6. The van der Waals surface area contributed by atoms with E-state index in [1.165, 1.54) is 11.6 Å². The van der Waals surface area contributed by atoms with E-state index in [0.717, 1.165) is 24.2 Å². The molecule has 2 aliphatic rings. The molecule has 0 bridgehead atoms. The summed E-state index contributed by atoms with van der Waals surface area (Å²) in [5.74, 6) is 1.64. The molecule has 12 heteroatoms. The van der Waals surface area contributed by atoms with E-state index < -0.39 is 43.1 Å². The Labute approximate surface area is 208 Å². The molecule has 0 radical (unpaired) electrons. The molecular formula is C23H32N4O7S. The number of benzene rings is 1. The number of carbonyl (C=O) groups excluding carboxylic acids is 1. The number of aryl methyl sites for hydroxylation is 2. The second kappa shape index (κ2) is 10.6. The van der Waals surface area contributed by atoms with Crippen LogP contribution in [0.4, 0.5) is 0 Å². The summed E-state index contributed by atoms with van der Waals surface area (Å²) >= 11 is 5.75. The van der Waals surface area contributed by atoms with Crippen LogP contribution in [0.1, 0.15) is 43.4 Å². The molecule has 1 saturated heterocycles. The number of rotatable bonds is 9. The second-order valence-electron chi connectivity index (χ2n) is 8.89. The van der Waals surface area contributed by atoms with Gasteiger partial charge in [0.05, 0.1) is 20.8 Å². The fraction of sp³-hybridized carbons (Fsp3) is 0.609. The van der Waals surface area contributed by atoms with Crippen LogP contribution >= 0.6 is 12.2 Å². The number of aromatic nitrogens is 3. The number of ether oxygens (including phenoxy) is 3. The van der Waals surface area contributed by atoms with Gasteiger partial charge in [-0.25, -0.2) is 4.68 Å². The third kappa shape index (κ3) is 5.21. The van der Waals surface area contributed by atoms with E-state index in [4.69, 9.17) is 31.5 Å². The van der Waals surface area contributed by atoms with E-state index in [1.807, 2.05) is 22.8 Å². The minimum Gasteiger partial charge on any atom is -0.493 e. The molecule has 2 fully saturated rings. The summed E-state index contributed by atoms with van der Waals surface area (Å²) in [4.78, 5) is 11.8. The molecule has 2 heterocycles. The smallest absolute Gasteiger partial charge is 0.217 e. The number of hydrogen-bond donors (Lipinski definition) is 4. The Hall–Kier alpha value is -2.51. The number of aliphatic hydroxyl groups is 3. The van der Waals surface area contributed by atoms with Crippen molar-refractivity contribution in [2.75, 3.05) is 20.8 Å². The van der Waals surface area contributed by atoms with Gasteiger partial charge in [0.25, 0.3) is 0 Å². The molecular weight excluding hydrogens is 476 g/mol. The van der Waals surface area contributed by atoms with Crippen LogP contribution in [0.5, 0.6) is 11.5 Å². The zero-order valence-electron chi connectivity index (χ0n) is 20.0. The Kier molecular flexibility index (Phi) is 7.77. The minimum absolute atomic E-state index is 0.226. The van der Waals surface area contributed by atoms with E-state index >= 15 is 0 Å². The predicted molar refractivity (Wildman–Crippen MR) is 127 cm³/mol. The maximum atomic E-state index is 11.8. The summed E-state index contributed by atoms with van der Waals surface area (Å²) in [6.07, 6.45) is -1.61. The topological polar surface area (TPSA) is 140 Å². The highest BCUT2D eigenvalue weighted by Gasteiger charge is 2.47. The number of nitrogens with zero attached hydrogens (tertiary/aromatic N) is 3. The van der Waals surface area contributed by atoms with Crippen molar-refractivity contribution < 1.29 is 34.3 Å². The summed E-state index contributed by atoms with van der Waals surface area (Å²) < 4.78 is 20.5. The van der Waals surface area contributed by atoms with Gasteiger partial charge in [-0.1, -0.05) is 6.07 Å². The van der Waals surface area contributed by atoms with Crippen molar-refractivity contribution in [2.45, 2.75) is 69.2 Å². The zero-order valence-corrected chi connectivity index (χ0v) is 20.8. The molecule has 11 nitrogen and oxygen atoms in total. The van der Waals surface area contributed by atoms with Crippen LogP contribution in [0.15, 0.2) is 18.2 Å². The molecule has 35 heavy (non-hydrogen) atoms. The highest BCUT2D eigenvalue weighted by Crippen LogP contribution is 2.38. The van der Waals surface area contributed by atoms with Gasteiger partial charge in [-0.3, -0.25) is 4.79 Å². The Morgan fingerprint density at radius 2 is 1.91 bits per heavy atom. The maximum Gasteiger partial charge on any atom is 0.217 e. The third-order valence-corrected chi connectivity index (χ3v) is 6.80. The lowest BCUT2D eigenvalue weighted by atomic mass is 9.96. The number of hydrogen-bond acceptors (Lipinski definition) is 9. The average Bonchev–Trinajstić information content (AvgIpc) is 3.63. The van der Waals surface area contributed by atoms with Crippen LogP contribution in [0.25, 0.3) is 0 Å². The minimum atomic E-state index is -1.38. The van der Waals surface area contributed by atoms with Crippen molar-refractivity contribution in [2.24, 2.45) is 0 Å². The van der Waals surface area contributed by atoms with Crippen molar-refractivity contribution in [1.82, 2.24) is 19.7 Å².